The molecule has 2 aromatic heterocycles. The van der Waals surface area contributed by atoms with E-state index in [1.165, 1.54) is 0 Å². The highest BCUT2D eigenvalue weighted by Crippen LogP contribution is 2.16. The molecule has 74 valence electrons. The van der Waals surface area contributed by atoms with Gasteiger partial charge in [-0.1, -0.05) is 25.6 Å². The van der Waals surface area contributed by atoms with E-state index in [0.717, 1.165) is 21.9 Å². The topological polar surface area (TPSA) is 25.8 Å². The molecule has 0 bridgehead atoms. The van der Waals surface area contributed by atoms with Gasteiger partial charge < -0.3 is 0 Å². The van der Waals surface area contributed by atoms with Crippen LogP contribution in [0.15, 0.2) is 48.7 Å². The average molecular weight is 196 g/mol. The largest absolute Gasteiger partial charge is 0.237 e. The Labute approximate surface area is 88.6 Å². The van der Waals surface area contributed by atoms with Gasteiger partial charge in [0.15, 0.2) is 5.65 Å². The zero-order chi connectivity index (χ0) is 9.38. The summed E-state index contributed by atoms with van der Waals surface area (Å²) in [5.41, 5.74) is 1.81. The Kier molecular flexibility index (Phi) is 2.34. The van der Waals surface area contributed by atoms with Crippen molar-refractivity contribution in [3.05, 3.63) is 48.7 Å². The first-order valence-electron chi connectivity index (χ1n) is 4.54. The molecule has 2 heteroatoms. The molecule has 3 aromatic rings. The molecule has 0 spiro atoms. The van der Waals surface area contributed by atoms with E-state index in [9.17, 15) is 0 Å². The zero-order valence-electron chi connectivity index (χ0n) is 7.51. The summed E-state index contributed by atoms with van der Waals surface area (Å²) in [7, 11) is 0. The van der Waals surface area contributed by atoms with Gasteiger partial charge in [0.2, 0.25) is 0 Å². The van der Waals surface area contributed by atoms with Gasteiger partial charge in [0.05, 0.1) is 5.52 Å². The van der Waals surface area contributed by atoms with Crippen molar-refractivity contribution in [2.45, 2.75) is 7.43 Å². The van der Waals surface area contributed by atoms with Crippen LogP contribution >= 0.6 is 0 Å². The number of hydrogen-bond acceptors (Lipinski definition) is 2. The first kappa shape index (κ1) is 9.59. The highest BCUT2D eigenvalue weighted by atomic mass is 14.8. The molecule has 0 aliphatic carbocycles. The fraction of sp³-hybridized carbons (Fsp3) is 0.0769. The average Bonchev–Trinajstić information content (AvgIpc) is 2.26. The van der Waals surface area contributed by atoms with Crippen LogP contribution in [0.25, 0.3) is 21.9 Å². The van der Waals surface area contributed by atoms with Crippen molar-refractivity contribution in [3.63, 3.8) is 0 Å². The van der Waals surface area contributed by atoms with Gasteiger partial charge in [0.25, 0.3) is 0 Å². The standard InChI is InChI=1S/C12H8N2.CH4/c1-2-6-11-9(4-1)8-10-5-3-7-13-12(10)14-11;/h1-8H;1H4. The van der Waals surface area contributed by atoms with E-state index in [2.05, 4.69) is 22.1 Å². The summed E-state index contributed by atoms with van der Waals surface area (Å²) in [5.74, 6) is 0. The van der Waals surface area contributed by atoms with Crippen LogP contribution in [0.5, 0.6) is 0 Å². The molecular formula is C13H12N2. The normalized spacial score (nSPS) is 10.1. The Bertz CT molecular complexity index is 497. The van der Waals surface area contributed by atoms with Crippen molar-refractivity contribution < 1.29 is 0 Å². The van der Waals surface area contributed by atoms with Gasteiger partial charge in [-0.2, -0.15) is 0 Å². The maximum Gasteiger partial charge on any atom is 0.159 e. The molecule has 0 saturated heterocycles. The molecule has 15 heavy (non-hydrogen) atoms. The van der Waals surface area contributed by atoms with Crippen LogP contribution in [0, 0.1) is 0 Å². The Hall–Kier alpha value is -1.96. The van der Waals surface area contributed by atoms with E-state index < -0.39 is 0 Å². The smallest absolute Gasteiger partial charge is 0.159 e. The van der Waals surface area contributed by atoms with E-state index in [4.69, 9.17) is 0 Å². The van der Waals surface area contributed by atoms with Crippen molar-refractivity contribution in [3.8, 4) is 0 Å². The van der Waals surface area contributed by atoms with Gasteiger partial charge in [-0.15, -0.1) is 0 Å². The Balaban J connectivity index is 0.000000853. The zero-order valence-corrected chi connectivity index (χ0v) is 7.51. The third-order valence-corrected chi connectivity index (χ3v) is 2.29. The molecule has 0 fully saturated rings. The Morgan fingerprint density at radius 3 is 2.60 bits per heavy atom. The Morgan fingerprint density at radius 2 is 1.67 bits per heavy atom. The molecule has 0 amide bonds. The molecule has 1 aromatic carbocycles. The lowest BCUT2D eigenvalue weighted by molar-refractivity contribution is 1.33. The lowest BCUT2D eigenvalue weighted by Gasteiger charge is -1.99. The second-order valence-electron chi connectivity index (χ2n) is 3.23. The van der Waals surface area contributed by atoms with Gasteiger partial charge in [0.1, 0.15) is 0 Å². The molecule has 0 unspecified atom stereocenters. The van der Waals surface area contributed by atoms with Crippen LogP contribution < -0.4 is 0 Å². The predicted octanol–water partition coefficient (Wildman–Crippen LogP) is 3.42. The maximum absolute atomic E-state index is 4.47. The van der Waals surface area contributed by atoms with Crippen molar-refractivity contribution in [1.82, 2.24) is 9.97 Å². The molecule has 2 nitrogen and oxygen atoms in total. The van der Waals surface area contributed by atoms with E-state index in [0.29, 0.717) is 0 Å². The van der Waals surface area contributed by atoms with Crippen LogP contribution in [-0.2, 0) is 0 Å². The molecule has 0 aliphatic rings. The third kappa shape index (κ3) is 1.54. The van der Waals surface area contributed by atoms with Gasteiger partial charge in [-0.25, -0.2) is 9.97 Å². The quantitative estimate of drug-likeness (QED) is 0.515. The minimum atomic E-state index is 0. The molecule has 0 saturated carbocycles. The number of nitrogens with zero attached hydrogens (tertiary/aromatic N) is 2. The van der Waals surface area contributed by atoms with Crippen molar-refractivity contribution in [1.29, 1.82) is 0 Å². The lowest BCUT2D eigenvalue weighted by atomic mass is 10.2. The van der Waals surface area contributed by atoms with E-state index in [-0.39, 0.29) is 7.43 Å². The lowest BCUT2D eigenvalue weighted by Crippen LogP contribution is -1.84. The molecule has 3 rings (SSSR count). The molecule has 2 heterocycles. The van der Waals surface area contributed by atoms with Crippen LogP contribution in [0.4, 0.5) is 0 Å². The predicted molar refractivity (Wildman–Crippen MR) is 63.8 cm³/mol. The summed E-state index contributed by atoms with van der Waals surface area (Å²) in [5, 5.41) is 2.25. The second-order valence-corrected chi connectivity index (χ2v) is 3.23. The summed E-state index contributed by atoms with van der Waals surface area (Å²) in [6.07, 6.45) is 1.77. The summed E-state index contributed by atoms with van der Waals surface area (Å²) < 4.78 is 0. The summed E-state index contributed by atoms with van der Waals surface area (Å²) >= 11 is 0. The molecular weight excluding hydrogens is 184 g/mol. The number of pyridine rings is 2. The van der Waals surface area contributed by atoms with Gasteiger partial charge in [-0.05, 0) is 24.3 Å². The number of aromatic nitrogens is 2. The van der Waals surface area contributed by atoms with Gasteiger partial charge in [0, 0.05) is 17.0 Å². The van der Waals surface area contributed by atoms with Crippen LogP contribution in [0.2, 0.25) is 0 Å². The monoisotopic (exact) mass is 196 g/mol. The number of rotatable bonds is 0. The minimum Gasteiger partial charge on any atom is -0.237 e. The summed E-state index contributed by atoms with van der Waals surface area (Å²) in [6.45, 7) is 0. The van der Waals surface area contributed by atoms with Gasteiger partial charge >= 0.3 is 0 Å². The summed E-state index contributed by atoms with van der Waals surface area (Å²) in [6, 6.07) is 14.2. The fourth-order valence-electron chi connectivity index (χ4n) is 1.61. The SMILES string of the molecule is C.c1ccc2nc3ncccc3cc2c1. The highest BCUT2D eigenvalue weighted by molar-refractivity contribution is 5.90. The highest BCUT2D eigenvalue weighted by Gasteiger charge is 1.97. The summed E-state index contributed by atoms with van der Waals surface area (Å²) in [4.78, 5) is 8.69. The number of para-hydroxylation sites is 1. The first-order valence-corrected chi connectivity index (χ1v) is 4.54. The van der Waals surface area contributed by atoms with Crippen LogP contribution in [0.3, 0.4) is 0 Å². The van der Waals surface area contributed by atoms with Crippen molar-refractivity contribution in [2.75, 3.05) is 0 Å². The molecule has 0 N–H and O–H groups in total. The van der Waals surface area contributed by atoms with Crippen LogP contribution in [-0.4, -0.2) is 9.97 Å². The number of fused-ring (bicyclic) bond motifs is 2. The number of benzene rings is 1. The van der Waals surface area contributed by atoms with Gasteiger partial charge in [-0.3, -0.25) is 0 Å². The molecule has 0 aliphatic heterocycles. The van der Waals surface area contributed by atoms with E-state index >= 15 is 0 Å². The third-order valence-electron chi connectivity index (χ3n) is 2.29. The van der Waals surface area contributed by atoms with Crippen molar-refractivity contribution in [2.24, 2.45) is 0 Å². The first-order chi connectivity index (χ1) is 6.93. The van der Waals surface area contributed by atoms with E-state index in [1.807, 2.05) is 30.3 Å². The second kappa shape index (κ2) is 3.65. The van der Waals surface area contributed by atoms with Crippen molar-refractivity contribution >= 4 is 21.9 Å². The van der Waals surface area contributed by atoms with E-state index in [1.54, 1.807) is 6.20 Å². The Morgan fingerprint density at radius 1 is 0.867 bits per heavy atom. The number of hydrogen-bond donors (Lipinski definition) is 0. The minimum absolute atomic E-state index is 0. The molecule has 0 radical (unpaired) electrons. The van der Waals surface area contributed by atoms with Crippen LogP contribution in [0.1, 0.15) is 7.43 Å². The fourth-order valence-corrected chi connectivity index (χ4v) is 1.61. The molecule has 0 atom stereocenters. The maximum atomic E-state index is 4.47.